The zero-order chi connectivity index (χ0) is 8.97. The van der Waals surface area contributed by atoms with Gasteiger partial charge in [-0.1, -0.05) is 6.92 Å². The largest absolute Gasteiger partial charge is 0.485 e. The van der Waals surface area contributed by atoms with Gasteiger partial charge >= 0.3 is 0 Å². The van der Waals surface area contributed by atoms with E-state index in [0.29, 0.717) is 6.61 Å². The van der Waals surface area contributed by atoms with Gasteiger partial charge in [0, 0.05) is 0 Å². The third-order valence-electron chi connectivity index (χ3n) is 1.46. The number of carbonyl (C=O) groups is 1. The molecule has 1 amide bonds. The zero-order valence-corrected chi connectivity index (χ0v) is 7.08. The number of primary amides is 1. The Labute approximate surface area is 71.3 Å². The lowest BCUT2D eigenvalue weighted by Crippen LogP contribution is -2.17. The third-order valence-corrected chi connectivity index (χ3v) is 1.46. The van der Waals surface area contributed by atoms with Crippen molar-refractivity contribution in [3.63, 3.8) is 0 Å². The smallest absolute Gasteiger partial charge is 0.283 e. The number of amides is 1. The van der Waals surface area contributed by atoms with Crippen molar-refractivity contribution in [1.29, 1.82) is 0 Å². The normalized spacial score (nSPS) is 22.1. The number of carbonyl (C=O) groups excluding carboxylic acids is 1. The second-order valence-corrected chi connectivity index (χ2v) is 2.61. The van der Waals surface area contributed by atoms with Crippen LogP contribution < -0.4 is 5.73 Å². The van der Waals surface area contributed by atoms with Gasteiger partial charge in [0.15, 0.2) is 5.76 Å². The minimum atomic E-state index is -0.516. The Bertz CT molecular complexity index is 196. The van der Waals surface area contributed by atoms with Crippen LogP contribution in [-0.4, -0.2) is 25.2 Å². The van der Waals surface area contributed by atoms with Crippen molar-refractivity contribution < 1.29 is 14.3 Å². The van der Waals surface area contributed by atoms with E-state index in [4.69, 9.17) is 15.2 Å². The molecule has 4 heteroatoms. The van der Waals surface area contributed by atoms with E-state index in [0.717, 1.165) is 13.0 Å². The maximum Gasteiger partial charge on any atom is 0.283 e. The predicted molar refractivity (Wildman–Crippen MR) is 43.3 cm³/mol. The van der Waals surface area contributed by atoms with Crippen LogP contribution in [0.5, 0.6) is 0 Å². The molecule has 0 spiro atoms. The highest BCUT2D eigenvalue weighted by Crippen LogP contribution is 2.11. The maximum atomic E-state index is 10.7. The first-order chi connectivity index (χ1) is 5.74. The summed E-state index contributed by atoms with van der Waals surface area (Å²) in [7, 11) is 0. The van der Waals surface area contributed by atoms with Crippen molar-refractivity contribution in [2.24, 2.45) is 5.73 Å². The molecule has 0 aliphatic carbocycles. The lowest BCUT2D eigenvalue weighted by molar-refractivity contribution is -0.118. The topological polar surface area (TPSA) is 64.8 Å². The maximum absolute atomic E-state index is 10.7. The Balaban J connectivity index is 2.31. The van der Waals surface area contributed by atoms with Gasteiger partial charge in [0.2, 0.25) is 0 Å². The number of ether oxygens (including phenoxy) is 2. The summed E-state index contributed by atoms with van der Waals surface area (Å²) in [6.07, 6.45) is 2.57. The summed E-state index contributed by atoms with van der Waals surface area (Å²) >= 11 is 0. The summed E-state index contributed by atoms with van der Waals surface area (Å²) < 4.78 is 10.0. The Morgan fingerprint density at radius 1 is 1.83 bits per heavy atom. The first kappa shape index (κ1) is 9.06. The molecule has 4 nitrogen and oxygen atoms in total. The van der Waals surface area contributed by atoms with Gasteiger partial charge in [0.1, 0.15) is 12.7 Å². The van der Waals surface area contributed by atoms with Crippen molar-refractivity contribution in [1.82, 2.24) is 0 Å². The van der Waals surface area contributed by atoms with Gasteiger partial charge < -0.3 is 15.2 Å². The van der Waals surface area contributed by atoms with Gasteiger partial charge in [-0.3, -0.25) is 4.79 Å². The van der Waals surface area contributed by atoms with Gasteiger partial charge in [-0.15, -0.1) is 0 Å². The molecule has 1 aliphatic rings. The fourth-order valence-electron chi connectivity index (χ4n) is 0.763. The lowest BCUT2D eigenvalue weighted by Gasteiger charge is -2.04. The SMILES string of the molecule is CC/C=C(/OCC1CO1)C(N)=O. The minimum absolute atomic E-state index is 0.157. The van der Waals surface area contributed by atoms with Gasteiger partial charge in [-0.25, -0.2) is 0 Å². The van der Waals surface area contributed by atoms with Crippen molar-refractivity contribution in [3.05, 3.63) is 11.8 Å². The molecule has 1 heterocycles. The molecule has 1 rings (SSSR count). The van der Waals surface area contributed by atoms with E-state index in [2.05, 4.69) is 0 Å². The van der Waals surface area contributed by atoms with Crippen LogP contribution in [0, 0.1) is 0 Å². The number of allylic oxidation sites excluding steroid dienone is 1. The summed E-state index contributed by atoms with van der Waals surface area (Å²) in [6.45, 7) is 3.06. The highest BCUT2D eigenvalue weighted by molar-refractivity contribution is 5.89. The Morgan fingerprint density at radius 3 is 2.92 bits per heavy atom. The van der Waals surface area contributed by atoms with Crippen LogP contribution in [-0.2, 0) is 14.3 Å². The average molecular weight is 171 g/mol. The molecule has 0 aromatic heterocycles. The highest BCUT2D eigenvalue weighted by Gasteiger charge is 2.24. The van der Waals surface area contributed by atoms with E-state index < -0.39 is 5.91 Å². The van der Waals surface area contributed by atoms with Gasteiger partial charge in [0.25, 0.3) is 5.91 Å². The first-order valence-corrected chi connectivity index (χ1v) is 3.98. The van der Waals surface area contributed by atoms with Crippen LogP contribution in [0.2, 0.25) is 0 Å². The fourth-order valence-corrected chi connectivity index (χ4v) is 0.763. The molecular formula is C8H13NO3. The second-order valence-electron chi connectivity index (χ2n) is 2.61. The van der Waals surface area contributed by atoms with E-state index in [1.54, 1.807) is 6.08 Å². The first-order valence-electron chi connectivity index (χ1n) is 3.98. The highest BCUT2D eigenvalue weighted by atomic mass is 16.6. The van der Waals surface area contributed by atoms with Crippen molar-refractivity contribution in [3.8, 4) is 0 Å². The lowest BCUT2D eigenvalue weighted by atomic mass is 10.3. The molecule has 0 saturated carbocycles. The molecule has 2 N–H and O–H groups in total. The molecule has 1 aliphatic heterocycles. The van der Waals surface area contributed by atoms with Gasteiger partial charge in [-0.2, -0.15) is 0 Å². The van der Waals surface area contributed by atoms with Gasteiger partial charge in [-0.05, 0) is 12.5 Å². The van der Waals surface area contributed by atoms with Crippen LogP contribution >= 0.6 is 0 Å². The quantitative estimate of drug-likeness (QED) is 0.364. The molecule has 1 saturated heterocycles. The van der Waals surface area contributed by atoms with E-state index in [-0.39, 0.29) is 11.9 Å². The summed E-state index contributed by atoms with van der Waals surface area (Å²) in [6, 6.07) is 0. The molecule has 68 valence electrons. The second kappa shape index (κ2) is 4.11. The fraction of sp³-hybridized carbons (Fsp3) is 0.625. The Kier molecular flexibility index (Phi) is 3.10. The number of nitrogens with two attached hydrogens (primary N) is 1. The molecule has 1 atom stereocenters. The predicted octanol–water partition coefficient (Wildman–Crippen LogP) is 0.181. The minimum Gasteiger partial charge on any atom is -0.485 e. The van der Waals surface area contributed by atoms with Crippen LogP contribution in [0.25, 0.3) is 0 Å². The number of hydrogen-bond acceptors (Lipinski definition) is 3. The Hall–Kier alpha value is -1.03. The van der Waals surface area contributed by atoms with E-state index in [1.807, 2.05) is 6.92 Å². The molecule has 1 fully saturated rings. The monoisotopic (exact) mass is 171 g/mol. The molecular weight excluding hydrogens is 158 g/mol. The molecule has 0 aromatic rings. The Morgan fingerprint density at radius 2 is 2.50 bits per heavy atom. The number of epoxide rings is 1. The van der Waals surface area contributed by atoms with Crippen LogP contribution in [0.3, 0.4) is 0 Å². The molecule has 0 radical (unpaired) electrons. The van der Waals surface area contributed by atoms with Crippen LogP contribution in [0.15, 0.2) is 11.8 Å². The summed E-state index contributed by atoms with van der Waals surface area (Å²) in [5, 5.41) is 0. The van der Waals surface area contributed by atoms with Gasteiger partial charge in [0.05, 0.1) is 6.61 Å². The summed E-state index contributed by atoms with van der Waals surface area (Å²) in [5.41, 5.74) is 5.06. The van der Waals surface area contributed by atoms with E-state index in [1.165, 1.54) is 0 Å². The van der Waals surface area contributed by atoms with Crippen molar-refractivity contribution >= 4 is 5.91 Å². The van der Waals surface area contributed by atoms with Crippen molar-refractivity contribution in [2.45, 2.75) is 19.4 Å². The van der Waals surface area contributed by atoms with Crippen molar-refractivity contribution in [2.75, 3.05) is 13.2 Å². The number of hydrogen-bond donors (Lipinski definition) is 1. The van der Waals surface area contributed by atoms with Crippen LogP contribution in [0.1, 0.15) is 13.3 Å². The summed E-state index contributed by atoms with van der Waals surface area (Å²) in [4.78, 5) is 10.7. The molecule has 0 bridgehead atoms. The standard InChI is InChI=1S/C8H13NO3/c1-2-3-7(8(9)10)12-5-6-4-11-6/h3,6H,2,4-5H2,1H3,(H2,9,10)/b7-3+. The van der Waals surface area contributed by atoms with E-state index >= 15 is 0 Å². The molecule has 12 heavy (non-hydrogen) atoms. The third kappa shape index (κ3) is 2.92. The average Bonchev–Trinajstić information content (AvgIpc) is 2.80. The summed E-state index contributed by atoms with van der Waals surface area (Å²) in [5.74, 6) is -0.273. The number of rotatable bonds is 5. The zero-order valence-electron chi connectivity index (χ0n) is 7.08. The molecule has 0 aromatic carbocycles. The molecule has 1 unspecified atom stereocenters. The van der Waals surface area contributed by atoms with E-state index in [9.17, 15) is 4.79 Å². The van der Waals surface area contributed by atoms with Crippen LogP contribution in [0.4, 0.5) is 0 Å².